The van der Waals surface area contributed by atoms with Gasteiger partial charge in [0.25, 0.3) is 0 Å². The molecule has 3 rings (SSSR count). The van der Waals surface area contributed by atoms with Crippen molar-refractivity contribution < 1.29 is 14.7 Å². The van der Waals surface area contributed by atoms with Crippen LogP contribution in [0.3, 0.4) is 0 Å². The van der Waals surface area contributed by atoms with Crippen molar-refractivity contribution in [2.75, 3.05) is 0 Å². The molecule has 1 atom stereocenters. The predicted octanol–water partition coefficient (Wildman–Crippen LogP) is 3.22. The molecular weight excluding hydrogens is 328 g/mol. The molecule has 1 unspecified atom stereocenters. The van der Waals surface area contributed by atoms with Crippen molar-refractivity contribution in [2.24, 2.45) is 0 Å². The van der Waals surface area contributed by atoms with Crippen LogP contribution in [0.4, 0.5) is 0 Å². The SMILES string of the molecule is Cc1ccc(CCC(=O)NC(Cc2c[nH]c3ccccc23)C(=O)O)cc1. The highest BCUT2D eigenvalue weighted by atomic mass is 16.4. The molecule has 0 bridgehead atoms. The zero-order chi connectivity index (χ0) is 18.5. The van der Waals surface area contributed by atoms with E-state index in [0.717, 1.165) is 22.0 Å². The molecule has 1 heterocycles. The van der Waals surface area contributed by atoms with Crippen LogP contribution in [0.25, 0.3) is 10.9 Å². The molecular formula is C21H22N2O3. The van der Waals surface area contributed by atoms with E-state index in [9.17, 15) is 14.7 Å². The molecule has 3 aromatic rings. The van der Waals surface area contributed by atoms with E-state index in [1.807, 2.05) is 55.5 Å². The highest BCUT2D eigenvalue weighted by Gasteiger charge is 2.21. The van der Waals surface area contributed by atoms with E-state index >= 15 is 0 Å². The van der Waals surface area contributed by atoms with Crippen molar-refractivity contribution in [3.8, 4) is 0 Å². The number of para-hydroxylation sites is 1. The third-order valence-corrected chi connectivity index (χ3v) is 4.49. The molecule has 26 heavy (non-hydrogen) atoms. The predicted molar refractivity (Wildman–Crippen MR) is 101 cm³/mol. The van der Waals surface area contributed by atoms with Gasteiger partial charge in [-0.15, -0.1) is 0 Å². The summed E-state index contributed by atoms with van der Waals surface area (Å²) in [6, 6.07) is 14.8. The number of aromatic nitrogens is 1. The van der Waals surface area contributed by atoms with E-state index in [-0.39, 0.29) is 18.7 Å². The fraction of sp³-hybridized carbons (Fsp3) is 0.238. The van der Waals surface area contributed by atoms with Crippen LogP contribution in [-0.4, -0.2) is 28.0 Å². The Labute approximate surface area is 152 Å². The van der Waals surface area contributed by atoms with Crippen LogP contribution in [0, 0.1) is 6.92 Å². The number of fused-ring (bicyclic) bond motifs is 1. The first-order valence-corrected chi connectivity index (χ1v) is 8.65. The minimum Gasteiger partial charge on any atom is -0.480 e. The monoisotopic (exact) mass is 350 g/mol. The molecule has 0 spiro atoms. The van der Waals surface area contributed by atoms with Crippen LogP contribution in [0.5, 0.6) is 0 Å². The largest absolute Gasteiger partial charge is 0.480 e. The summed E-state index contributed by atoms with van der Waals surface area (Å²) < 4.78 is 0. The first-order valence-electron chi connectivity index (χ1n) is 8.65. The van der Waals surface area contributed by atoms with Gasteiger partial charge in [0.2, 0.25) is 5.91 Å². The Morgan fingerprint density at radius 1 is 1.12 bits per heavy atom. The molecule has 0 aliphatic rings. The number of carboxylic acids is 1. The number of nitrogens with one attached hydrogen (secondary N) is 2. The number of H-pyrrole nitrogens is 1. The summed E-state index contributed by atoms with van der Waals surface area (Å²) in [7, 11) is 0. The quantitative estimate of drug-likeness (QED) is 0.612. The first kappa shape index (κ1) is 17.7. The van der Waals surface area contributed by atoms with Gasteiger partial charge in [-0.3, -0.25) is 4.79 Å². The van der Waals surface area contributed by atoms with E-state index in [1.54, 1.807) is 6.20 Å². The number of hydrogen-bond acceptors (Lipinski definition) is 2. The molecule has 134 valence electrons. The smallest absolute Gasteiger partial charge is 0.326 e. The maximum atomic E-state index is 12.2. The third-order valence-electron chi connectivity index (χ3n) is 4.49. The fourth-order valence-corrected chi connectivity index (χ4v) is 3.00. The molecule has 0 fully saturated rings. The minimum atomic E-state index is -1.03. The van der Waals surface area contributed by atoms with E-state index in [4.69, 9.17) is 0 Å². The number of aliphatic carboxylic acids is 1. The second-order valence-corrected chi connectivity index (χ2v) is 6.51. The van der Waals surface area contributed by atoms with Crippen LogP contribution < -0.4 is 5.32 Å². The van der Waals surface area contributed by atoms with Crippen LogP contribution in [0.1, 0.15) is 23.1 Å². The molecule has 0 saturated carbocycles. The van der Waals surface area contributed by atoms with Crippen LogP contribution in [-0.2, 0) is 22.4 Å². The van der Waals surface area contributed by atoms with E-state index in [1.165, 1.54) is 5.56 Å². The zero-order valence-corrected chi connectivity index (χ0v) is 14.7. The lowest BCUT2D eigenvalue weighted by Gasteiger charge is -2.14. The summed E-state index contributed by atoms with van der Waals surface area (Å²) in [5.74, 6) is -1.28. The Bertz CT molecular complexity index is 912. The van der Waals surface area contributed by atoms with Gasteiger partial charge in [-0.2, -0.15) is 0 Å². The summed E-state index contributed by atoms with van der Waals surface area (Å²) in [5.41, 5.74) is 4.07. The van der Waals surface area contributed by atoms with Gasteiger partial charge in [0.05, 0.1) is 0 Å². The lowest BCUT2D eigenvalue weighted by Crippen LogP contribution is -2.42. The number of carboxylic acid groups (broad SMARTS) is 1. The maximum Gasteiger partial charge on any atom is 0.326 e. The lowest BCUT2D eigenvalue weighted by atomic mass is 10.0. The molecule has 0 aliphatic carbocycles. The standard InChI is InChI=1S/C21H22N2O3/c1-14-6-8-15(9-7-14)10-11-20(24)23-19(21(25)26)12-16-13-22-18-5-3-2-4-17(16)18/h2-9,13,19,22H,10-12H2,1H3,(H,23,24)(H,25,26). The molecule has 5 nitrogen and oxygen atoms in total. The first-order chi connectivity index (χ1) is 12.5. The van der Waals surface area contributed by atoms with Gasteiger partial charge < -0.3 is 15.4 Å². The Balaban J connectivity index is 1.62. The van der Waals surface area contributed by atoms with Crippen molar-refractivity contribution in [3.63, 3.8) is 0 Å². The molecule has 3 N–H and O–H groups in total. The van der Waals surface area contributed by atoms with Gasteiger partial charge in [-0.05, 0) is 30.5 Å². The van der Waals surface area contributed by atoms with Gasteiger partial charge >= 0.3 is 5.97 Å². The van der Waals surface area contributed by atoms with Gasteiger partial charge in [-0.25, -0.2) is 4.79 Å². The van der Waals surface area contributed by atoms with Gasteiger partial charge in [0.1, 0.15) is 6.04 Å². The summed E-state index contributed by atoms with van der Waals surface area (Å²) in [6.45, 7) is 2.01. The summed E-state index contributed by atoms with van der Waals surface area (Å²) in [5, 5.41) is 13.1. The number of aromatic amines is 1. The van der Waals surface area contributed by atoms with E-state index in [0.29, 0.717) is 6.42 Å². The van der Waals surface area contributed by atoms with E-state index in [2.05, 4.69) is 10.3 Å². The molecule has 2 aromatic carbocycles. The Hall–Kier alpha value is -3.08. The summed E-state index contributed by atoms with van der Waals surface area (Å²) in [4.78, 5) is 26.9. The van der Waals surface area contributed by atoms with Crippen molar-refractivity contribution in [1.82, 2.24) is 10.3 Å². The molecule has 1 amide bonds. The fourth-order valence-electron chi connectivity index (χ4n) is 3.00. The summed E-state index contributed by atoms with van der Waals surface area (Å²) >= 11 is 0. The van der Waals surface area contributed by atoms with Crippen molar-refractivity contribution in [3.05, 3.63) is 71.4 Å². The zero-order valence-electron chi connectivity index (χ0n) is 14.7. The van der Waals surface area contributed by atoms with Crippen LogP contribution >= 0.6 is 0 Å². The molecule has 1 aromatic heterocycles. The van der Waals surface area contributed by atoms with Crippen LogP contribution in [0.15, 0.2) is 54.7 Å². The molecule has 0 radical (unpaired) electrons. The Morgan fingerprint density at radius 2 is 1.85 bits per heavy atom. The number of amides is 1. The number of benzene rings is 2. The third kappa shape index (κ3) is 4.30. The number of hydrogen-bond donors (Lipinski definition) is 3. The number of carbonyl (C=O) groups excluding carboxylic acids is 1. The lowest BCUT2D eigenvalue weighted by molar-refractivity contribution is -0.141. The average Bonchev–Trinajstić information content (AvgIpc) is 3.04. The molecule has 0 saturated heterocycles. The summed E-state index contributed by atoms with van der Waals surface area (Å²) in [6.07, 6.45) is 2.90. The van der Waals surface area contributed by atoms with Gasteiger partial charge in [0.15, 0.2) is 0 Å². The van der Waals surface area contributed by atoms with Gasteiger partial charge in [0, 0.05) is 29.9 Å². The highest BCUT2D eigenvalue weighted by molar-refractivity contribution is 5.86. The van der Waals surface area contributed by atoms with Crippen molar-refractivity contribution in [2.45, 2.75) is 32.2 Å². The number of aryl methyl sites for hydroxylation is 2. The van der Waals surface area contributed by atoms with Crippen molar-refractivity contribution >= 4 is 22.8 Å². The van der Waals surface area contributed by atoms with Crippen LogP contribution in [0.2, 0.25) is 0 Å². The van der Waals surface area contributed by atoms with Crippen molar-refractivity contribution in [1.29, 1.82) is 0 Å². The number of rotatable bonds is 7. The van der Waals surface area contributed by atoms with E-state index < -0.39 is 12.0 Å². The maximum absolute atomic E-state index is 12.2. The number of carbonyl (C=O) groups is 2. The molecule has 5 heteroatoms. The second kappa shape index (κ2) is 7.87. The Morgan fingerprint density at radius 3 is 2.58 bits per heavy atom. The second-order valence-electron chi connectivity index (χ2n) is 6.51. The average molecular weight is 350 g/mol. The van der Waals surface area contributed by atoms with Gasteiger partial charge in [-0.1, -0.05) is 48.0 Å². The topological polar surface area (TPSA) is 82.2 Å². The molecule has 0 aliphatic heterocycles. The minimum absolute atomic E-state index is 0.246. The normalized spacial score (nSPS) is 12.0. The highest BCUT2D eigenvalue weighted by Crippen LogP contribution is 2.19. The Kier molecular flexibility index (Phi) is 5.37.